The predicted octanol–water partition coefficient (Wildman–Crippen LogP) is 4.43. The Labute approximate surface area is 143 Å². The third-order valence-electron chi connectivity index (χ3n) is 3.99. The van der Waals surface area contributed by atoms with Crippen molar-refractivity contribution in [1.82, 2.24) is 10.1 Å². The molecule has 0 radical (unpaired) electrons. The van der Waals surface area contributed by atoms with Crippen LogP contribution in [0.1, 0.15) is 10.7 Å². The van der Waals surface area contributed by atoms with E-state index in [1.807, 2.05) is 0 Å². The second-order valence-corrected chi connectivity index (χ2v) is 6.68. The van der Waals surface area contributed by atoms with Crippen molar-refractivity contribution < 1.29 is 22.8 Å². The van der Waals surface area contributed by atoms with E-state index in [-0.39, 0.29) is 5.69 Å². The number of aliphatic hydroxyl groups is 1. The monoisotopic (exact) mass is 364 g/mol. The Balaban J connectivity index is 1.85. The number of aromatic nitrogens is 2. The van der Waals surface area contributed by atoms with Crippen LogP contribution >= 0.6 is 11.3 Å². The van der Waals surface area contributed by atoms with E-state index in [1.54, 1.807) is 48.5 Å². The zero-order chi connectivity index (χ0) is 17.7. The number of thiazole rings is 1. The van der Waals surface area contributed by atoms with Gasteiger partial charge in [-0.15, -0.1) is 11.3 Å². The maximum absolute atomic E-state index is 13.8. The summed E-state index contributed by atoms with van der Waals surface area (Å²) in [4.78, 5) is 4.00. The Hall–Kier alpha value is -2.45. The maximum Gasteiger partial charge on any atom is 0.424 e. The van der Waals surface area contributed by atoms with Gasteiger partial charge in [-0.3, -0.25) is 0 Å². The van der Waals surface area contributed by atoms with E-state index in [4.69, 9.17) is 4.52 Å². The van der Waals surface area contributed by atoms with E-state index in [0.717, 1.165) is 11.3 Å². The molecule has 0 aliphatic rings. The standard InChI is InChI=1S/C17H11F3N2O2S/c18-17(19,20)16(23,15-21-11-6-2-4-8-14(11)25-15)9-12-10-5-1-3-7-13(10)24-22-12/h1-8,23H,9H2/t16-/m1/s1. The second-order valence-electron chi connectivity index (χ2n) is 5.65. The number of rotatable bonds is 3. The highest BCUT2D eigenvalue weighted by molar-refractivity contribution is 7.18. The molecule has 0 bridgehead atoms. The van der Waals surface area contributed by atoms with Gasteiger partial charge < -0.3 is 9.63 Å². The molecule has 8 heteroatoms. The van der Waals surface area contributed by atoms with Gasteiger partial charge in [0.1, 0.15) is 5.01 Å². The van der Waals surface area contributed by atoms with E-state index in [9.17, 15) is 18.3 Å². The van der Waals surface area contributed by atoms with E-state index >= 15 is 0 Å². The zero-order valence-electron chi connectivity index (χ0n) is 12.6. The minimum Gasteiger partial charge on any atom is -0.374 e. The third kappa shape index (κ3) is 2.58. The SMILES string of the molecule is O[C@](Cc1noc2ccccc12)(c1nc2ccccc2s1)C(F)(F)F. The van der Waals surface area contributed by atoms with Crippen molar-refractivity contribution in [3.8, 4) is 0 Å². The first-order chi connectivity index (χ1) is 11.9. The fourth-order valence-corrected chi connectivity index (χ4v) is 3.73. The number of halogens is 3. The highest BCUT2D eigenvalue weighted by atomic mass is 32.1. The number of alkyl halides is 3. The largest absolute Gasteiger partial charge is 0.424 e. The van der Waals surface area contributed by atoms with E-state index in [0.29, 0.717) is 21.2 Å². The smallest absolute Gasteiger partial charge is 0.374 e. The van der Waals surface area contributed by atoms with Crippen LogP contribution in [0.5, 0.6) is 0 Å². The predicted molar refractivity (Wildman–Crippen MR) is 87.3 cm³/mol. The van der Waals surface area contributed by atoms with Crippen LogP contribution in [0.3, 0.4) is 0 Å². The van der Waals surface area contributed by atoms with E-state index in [1.165, 1.54) is 0 Å². The summed E-state index contributed by atoms with van der Waals surface area (Å²) >= 11 is 0.819. The highest BCUT2D eigenvalue weighted by Gasteiger charge is 2.57. The molecule has 2 aromatic carbocycles. The summed E-state index contributed by atoms with van der Waals surface area (Å²) < 4.78 is 46.9. The van der Waals surface area contributed by atoms with Crippen LogP contribution < -0.4 is 0 Å². The molecule has 25 heavy (non-hydrogen) atoms. The molecule has 0 unspecified atom stereocenters. The van der Waals surface area contributed by atoms with Gasteiger partial charge in [0.2, 0.25) is 5.60 Å². The first-order valence-electron chi connectivity index (χ1n) is 7.37. The van der Waals surface area contributed by atoms with Gasteiger partial charge in [-0.2, -0.15) is 13.2 Å². The number of hydrogen-bond acceptors (Lipinski definition) is 5. The molecule has 0 aliphatic heterocycles. The van der Waals surface area contributed by atoms with E-state index < -0.39 is 23.2 Å². The minimum atomic E-state index is -4.92. The number of hydrogen-bond donors (Lipinski definition) is 1. The first-order valence-corrected chi connectivity index (χ1v) is 8.18. The summed E-state index contributed by atoms with van der Waals surface area (Å²) in [5, 5.41) is 14.3. The van der Waals surface area contributed by atoms with Crippen molar-refractivity contribution in [3.05, 3.63) is 59.2 Å². The molecule has 4 rings (SSSR count). The summed E-state index contributed by atoms with van der Waals surface area (Å²) in [6.07, 6.45) is -5.69. The average molecular weight is 364 g/mol. The van der Waals surface area contributed by atoms with Gasteiger partial charge >= 0.3 is 6.18 Å². The molecule has 2 heterocycles. The lowest BCUT2D eigenvalue weighted by atomic mass is 9.96. The normalized spacial score (nSPS) is 14.9. The van der Waals surface area contributed by atoms with Crippen LogP contribution in [0, 0.1) is 0 Å². The molecule has 1 N–H and O–H groups in total. The van der Waals surface area contributed by atoms with Gasteiger partial charge in [0.15, 0.2) is 5.58 Å². The average Bonchev–Trinajstić information content (AvgIpc) is 3.18. The Morgan fingerprint density at radius 1 is 1.04 bits per heavy atom. The van der Waals surface area contributed by atoms with Crippen molar-refractivity contribution in [1.29, 1.82) is 0 Å². The van der Waals surface area contributed by atoms with Crippen molar-refractivity contribution in [2.75, 3.05) is 0 Å². The number of fused-ring (bicyclic) bond motifs is 2. The number of para-hydroxylation sites is 2. The van der Waals surface area contributed by atoms with Crippen LogP contribution in [0.25, 0.3) is 21.2 Å². The van der Waals surface area contributed by atoms with Gasteiger partial charge in [-0.1, -0.05) is 29.4 Å². The Bertz CT molecular complexity index is 1020. The molecule has 0 saturated heterocycles. The van der Waals surface area contributed by atoms with Crippen molar-refractivity contribution >= 4 is 32.5 Å². The molecule has 4 nitrogen and oxygen atoms in total. The molecule has 1 atom stereocenters. The summed E-state index contributed by atoms with van der Waals surface area (Å²) in [6.45, 7) is 0. The molecule has 0 spiro atoms. The van der Waals surface area contributed by atoms with Gasteiger partial charge in [-0.25, -0.2) is 4.98 Å². The molecule has 0 amide bonds. The summed E-state index contributed by atoms with van der Waals surface area (Å²) in [6, 6.07) is 13.3. The zero-order valence-corrected chi connectivity index (χ0v) is 13.4. The molecular formula is C17H11F3N2O2S. The first kappa shape index (κ1) is 16.0. The molecule has 0 saturated carbocycles. The van der Waals surface area contributed by atoms with Crippen LogP contribution in [0.2, 0.25) is 0 Å². The van der Waals surface area contributed by atoms with Crippen LogP contribution in [0.4, 0.5) is 13.2 Å². The molecule has 0 fully saturated rings. The Kier molecular flexibility index (Phi) is 3.55. The quantitative estimate of drug-likeness (QED) is 0.584. The van der Waals surface area contributed by atoms with Gasteiger partial charge in [0, 0.05) is 11.8 Å². The lowest BCUT2D eigenvalue weighted by Crippen LogP contribution is -2.44. The van der Waals surface area contributed by atoms with Crippen LogP contribution in [0.15, 0.2) is 53.1 Å². The molecular weight excluding hydrogens is 353 g/mol. The van der Waals surface area contributed by atoms with Crippen molar-refractivity contribution in [3.63, 3.8) is 0 Å². The molecule has 4 aromatic rings. The Morgan fingerprint density at radius 3 is 2.52 bits per heavy atom. The Morgan fingerprint density at radius 2 is 1.76 bits per heavy atom. The van der Waals surface area contributed by atoms with Gasteiger partial charge in [-0.05, 0) is 24.3 Å². The maximum atomic E-state index is 13.8. The fourth-order valence-electron chi connectivity index (χ4n) is 2.65. The van der Waals surface area contributed by atoms with E-state index in [2.05, 4.69) is 10.1 Å². The summed E-state index contributed by atoms with van der Waals surface area (Å²) in [7, 11) is 0. The van der Waals surface area contributed by atoms with Crippen molar-refractivity contribution in [2.24, 2.45) is 0 Å². The number of benzene rings is 2. The van der Waals surface area contributed by atoms with Gasteiger partial charge in [0.25, 0.3) is 0 Å². The lowest BCUT2D eigenvalue weighted by Gasteiger charge is -2.27. The van der Waals surface area contributed by atoms with Crippen molar-refractivity contribution in [2.45, 2.75) is 18.2 Å². The second kappa shape index (κ2) is 5.53. The lowest BCUT2D eigenvalue weighted by molar-refractivity contribution is -0.266. The minimum absolute atomic E-state index is 0.0367. The molecule has 2 aromatic heterocycles. The van der Waals surface area contributed by atoms with Gasteiger partial charge in [0.05, 0.1) is 15.9 Å². The summed E-state index contributed by atoms with van der Waals surface area (Å²) in [5.74, 6) is 0. The third-order valence-corrected chi connectivity index (χ3v) is 5.18. The van der Waals surface area contributed by atoms with Crippen LogP contribution in [-0.4, -0.2) is 21.4 Å². The summed E-state index contributed by atoms with van der Waals surface area (Å²) in [5.41, 5.74) is -2.33. The number of nitrogens with zero attached hydrogens (tertiary/aromatic N) is 2. The highest BCUT2D eigenvalue weighted by Crippen LogP contribution is 2.44. The van der Waals surface area contributed by atoms with Crippen LogP contribution in [-0.2, 0) is 12.0 Å². The fraction of sp³-hybridized carbons (Fsp3) is 0.176. The molecule has 128 valence electrons. The molecule has 0 aliphatic carbocycles. The topological polar surface area (TPSA) is 59.2 Å².